The number of hydrogen-bond donors (Lipinski definition) is 1. The van der Waals surface area contributed by atoms with Crippen LogP contribution in [0.4, 0.5) is 0 Å². The smallest absolute Gasteiger partial charge is 0.254 e. The zero-order valence-corrected chi connectivity index (χ0v) is 11.0. The fraction of sp³-hybridized carbons (Fsp3) is 0.462. The number of phenols is 1. The number of carbonyl (C=O) groups is 1. The van der Waals surface area contributed by atoms with E-state index in [-0.39, 0.29) is 16.7 Å². The number of methoxy groups -OCH3 is 1. The summed E-state index contributed by atoms with van der Waals surface area (Å²) in [4.78, 5) is 14.1. The van der Waals surface area contributed by atoms with Gasteiger partial charge in [-0.15, -0.1) is 0 Å². The molecule has 1 aromatic carbocycles. The van der Waals surface area contributed by atoms with Crippen LogP contribution in [0, 0.1) is 0 Å². The van der Waals surface area contributed by atoms with E-state index < -0.39 is 0 Å². The van der Waals surface area contributed by atoms with Gasteiger partial charge in [0.2, 0.25) is 0 Å². The molecule has 18 heavy (non-hydrogen) atoms. The summed E-state index contributed by atoms with van der Waals surface area (Å²) in [5.74, 6) is -0.0699. The summed E-state index contributed by atoms with van der Waals surface area (Å²) in [6.45, 7) is 1.10. The highest BCUT2D eigenvalue weighted by Gasteiger charge is 2.32. The normalized spacial score (nSPS) is 14.6. The molecule has 0 bridgehead atoms. The lowest BCUT2D eigenvalue weighted by Gasteiger charge is -2.22. The molecule has 1 aromatic rings. The molecule has 4 nitrogen and oxygen atoms in total. The summed E-state index contributed by atoms with van der Waals surface area (Å²) in [5, 5.41) is 9.55. The predicted molar refractivity (Wildman–Crippen MR) is 69.1 cm³/mol. The Labute approximate surface area is 111 Å². The van der Waals surface area contributed by atoms with Crippen molar-refractivity contribution in [3.05, 3.63) is 28.8 Å². The molecular formula is C13H16ClNO3. The Morgan fingerprint density at radius 1 is 1.56 bits per heavy atom. The molecule has 98 valence electrons. The Balaban J connectivity index is 2.13. The number of carbonyl (C=O) groups excluding carboxylic acids is 1. The number of hydrogen-bond acceptors (Lipinski definition) is 3. The summed E-state index contributed by atoms with van der Waals surface area (Å²) < 4.78 is 5.02. The first kappa shape index (κ1) is 13.2. The Morgan fingerprint density at radius 3 is 2.83 bits per heavy atom. The minimum Gasteiger partial charge on any atom is -0.506 e. The summed E-state index contributed by atoms with van der Waals surface area (Å²) in [7, 11) is 1.62. The van der Waals surface area contributed by atoms with Crippen LogP contribution in [0.5, 0.6) is 5.75 Å². The second-order valence-electron chi connectivity index (χ2n) is 4.39. The van der Waals surface area contributed by atoms with Gasteiger partial charge in [-0.05, 0) is 31.0 Å². The van der Waals surface area contributed by atoms with E-state index in [1.807, 2.05) is 4.90 Å². The maximum atomic E-state index is 12.3. The molecular weight excluding hydrogens is 254 g/mol. The van der Waals surface area contributed by atoms with E-state index in [0.29, 0.717) is 24.8 Å². The molecule has 0 unspecified atom stereocenters. The standard InChI is InChI=1S/C13H16ClNO3/c1-18-7-6-15(10-3-4-10)13(17)9-2-5-12(16)11(14)8-9/h2,5,8,10,16H,3-4,6-7H2,1H3. The van der Waals surface area contributed by atoms with Crippen molar-refractivity contribution >= 4 is 17.5 Å². The highest BCUT2D eigenvalue weighted by Crippen LogP contribution is 2.30. The van der Waals surface area contributed by atoms with Crippen LogP contribution in [0.2, 0.25) is 5.02 Å². The number of ether oxygens (including phenoxy) is 1. The number of aromatic hydroxyl groups is 1. The predicted octanol–water partition coefficient (Wildman–Crippen LogP) is 2.30. The lowest BCUT2D eigenvalue weighted by atomic mass is 10.2. The molecule has 5 heteroatoms. The van der Waals surface area contributed by atoms with Crippen LogP contribution in [-0.4, -0.2) is 42.2 Å². The Morgan fingerprint density at radius 2 is 2.28 bits per heavy atom. The molecule has 0 spiro atoms. The van der Waals surface area contributed by atoms with Gasteiger partial charge in [0.25, 0.3) is 5.91 Å². The van der Waals surface area contributed by atoms with Crippen LogP contribution in [-0.2, 0) is 4.74 Å². The van der Waals surface area contributed by atoms with Gasteiger partial charge in [0.15, 0.2) is 0 Å². The van der Waals surface area contributed by atoms with Gasteiger partial charge in [0.1, 0.15) is 5.75 Å². The van der Waals surface area contributed by atoms with E-state index in [4.69, 9.17) is 16.3 Å². The molecule has 1 amide bonds. The monoisotopic (exact) mass is 269 g/mol. The number of amides is 1. The molecule has 0 heterocycles. The Kier molecular flexibility index (Phi) is 4.09. The van der Waals surface area contributed by atoms with Crippen molar-refractivity contribution in [2.24, 2.45) is 0 Å². The van der Waals surface area contributed by atoms with Crippen molar-refractivity contribution in [1.29, 1.82) is 0 Å². The van der Waals surface area contributed by atoms with Crippen LogP contribution >= 0.6 is 11.6 Å². The van der Waals surface area contributed by atoms with Crippen LogP contribution < -0.4 is 0 Å². The fourth-order valence-corrected chi connectivity index (χ4v) is 2.01. The van der Waals surface area contributed by atoms with Gasteiger partial charge in [-0.2, -0.15) is 0 Å². The Bertz CT molecular complexity index is 446. The number of phenolic OH excluding ortho intramolecular Hbond substituents is 1. The first-order valence-corrected chi connectivity index (χ1v) is 6.29. The average molecular weight is 270 g/mol. The lowest BCUT2D eigenvalue weighted by molar-refractivity contribution is 0.0680. The fourth-order valence-electron chi connectivity index (χ4n) is 1.83. The topological polar surface area (TPSA) is 49.8 Å². The van der Waals surface area contributed by atoms with E-state index in [1.54, 1.807) is 13.2 Å². The largest absolute Gasteiger partial charge is 0.506 e. The minimum atomic E-state index is -0.0588. The average Bonchev–Trinajstić information content (AvgIpc) is 3.17. The molecule has 0 saturated heterocycles. The SMILES string of the molecule is COCCN(C(=O)c1ccc(O)c(Cl)c1)C1CC1. The molecule has 0 atom stereocenters. The summed E-state index contributed by atoms with van der Waals surface area (Å²) in [6.07, 6.45) is 2.09. The third-order valence-electron chi connectivity index (χ3n) is 2.98. The molecule has 1 aliphatic carbocycles. The van der Waals surface area contributed by atoms with Crippen molar-refractivity contribution in [3.8, 4) is 5.75 Å². The number of nitrogens with zero attached hydrogens (tertiary/aromatic N) is 1. The highest BCUT2D eigenvalue weighted by atomic mass is 35.5. The van der Waals surface area contributed by atoms with Crippen LogP contribution in [0.3, 0.4) is 0 Å². The maximum Gasteiger partial charge on any atom is 0.254 e. The van der Waals surface area contributed by atoms with Gasteiger partial charge in [-0.3, -0.25) is 4.79 Å². The van der Waals surface area contributed by atoms with Crippen molar-refractivity contribution in [1.82, 2.24) is 4.90 Å². The first-order valence-electron chi connectivity index (χ1n) is 5.92. The molecule has 1 aliphatic rings. The van der Waals surface area contributed by atoms with E-state index >= 15 is 0 Å². The van der Waals surface area contributed by atoms with E-state index in [9.17, 15) is 9.90 Å². The van der Waals surface area contributed by atoms with Crippen LogP contribution in [0.1, 0.15) is 23.2 Å². The van der Waals surface area contributed by atoms with Gasteiger partial charge in [-0.25, -0.2) is 0 Å². The van der Waals surface area contributed by atoms with Crippen molar-refractivity contribution in [2.75, 3.05) is 20.3 Å². The maximum absolute atomic E-state index is 12.3. The van der Waals surface area contributed by atoms with E-state index in [0.717, 1.165) is 12.8 Å². The molecule has 1 fully saturated rings. The van der Waals surface area contributed by atoms with Gasteiger partial charge >= 0.3 is 0 Å². The number of halogens is 1. The lowest BCUT2D eigenvalue weighted by Crippen LogP contribution is -2.35. The third-order valence-corrected chi connectivity index (χ3v) is 3.28. The van der Waals surface area contributed by atoms with E-state index in [1.165, 1.54) is 12.1 Å². The van der Waals surface area contributed by atoms with Crippen molar-refractivity contribution < 1.29 is 14.6 Å². The quantitative estimate of drug-likeness (QED) is 0.892. The molecule has 1 saturated carbocycles. The highest BCUT2D eigenvalue weighted by molar-refractivity contribution is 6.32. The van der Waals surface area contributed by atoms with Crippen LogP contribution in [0.15, 0.2) is 18.2 Å². The third kappa shape index (κ3) is 2.94. The van der Waals surface area contributed by atoms with Gasteiger partial charge in [0.05, 0.1) is 11.6 Å². The molecule has 2 rings (SSSR count). The molecule has 0 radical (unpaired) electrons. The number of benzene rings is 1. The molecule has 0 aliphatic heterocycles. The van der Waals surface area contributed by atoms with Gasteiger partial charge in [-0.1, -0.05) is 11.6 Å². The first-order chi connectivity index (χ1) is 8.63. The van der Waals surface area contributed by atoms with Gasteiger partial charge in [0, 0.05) is 25.3 Å². The summed E-state index contributed by atoms with van der Waals surface area (Å²) in [5.41, 5.74) is 0.501. The zero-order chi connectivity index (χ0) is 13.1. The van der Waals surface area contributed by atoms with Gasteiger partial charge < -0.3 is 14.7 Å². The second-order valence-corrected chi connectivity index (χ2v) is 4.80. The molecule has 1 N–H and O–H groups in total. The Hall–Kier alpha value is -1.26. The van der Waals surface area contributed by atoms with E-state index in [2.05, 4.69) is 0 Å². The summed E-state index contributed by atoms with van der Waals surface area (Å²) >= 11 is 5.82. The second kappa shape index (κ2) is 5.59. The minimum absolute atomic E-state index is 0.0110. The molecule has 0 aromatic heterocycles. The number of rotatable bonds is 5. The summed E-state index contributed by atoms with van der Waals surface area (Å²) in [6, 6.07) is 4.85. The zero-order valence-electron chi connectivity index (χ0n) is 10.2. The van der Waals surface area contributed by atoms with Crippen LogP contribution in [0.25, 0.3) is 0 Å². The van der Waals surface area contributed by atoms with Crippen molar-refractivity contribution in [3.63, 3.8) is 0 Å². The van der Waals surface area contributed by atoms with Crippen molar-refractivity contribution in [2.45, 2.75) is 18.9 Å².